The summed E-state index contributed by atoms with van der Waals surface area (Å²) in [6.45, 7) is 6.14. The van der Waals surface area contributed by atoms with E-state index in [0.29, 0.717) is 31.2 Å². The van der Waals surface area contributed by atoms with Crippen molar-refractivity contribution < 1.29 is 19.0 Å². The summed E-state index contributed by atoms with van der Waals surface area (Å²) in [4.78, 5) is 17.2. The predicted octanol–water partition coefficient (Wildman–Crippen LogP) is 2.28. The average Bonchev–Trinajstić information content (AvgIpc) is 2.90. The number of thiazole rings is 1. The molecular formula is C17H20N2O4S. The molecule has 0 saturated heterocycles. The van der Waals surface area contributed by atoms with Gasteiger partial charge >= 0.3 is 5.91 Å². The van der Waals surface area contributed by atoms with Crippen molar-refractivity contribution >= 4 is 27.5 Å². The maximum absolute atomic E-state index is 12.3. The number of carbonyl (C=O) groups excluding carboxylic acids is 1. The maximum atomic E-state index is 12.3. The molecule has 1 aliphatic rings. The van der Waals surface area contributed by atoms with E-state index < -0.39 is 5.91 Å². The summed E-state index contributed by atoms with van der Waals surface area (Å²) in [5.41, 5.74) is 3.48. The number of fused-ring (bicyclic) bond motifs is 1. The van der Waals surface area contributed by atoms with Gasteiger partial charge in [0.25, 0.3) is 0 Å². The summed E-state index contributed by atoms with van der Waals surface area (Å²) in [5, 5.41) is 0. The highest BCUT2D eigenvalue weighted by atomic mass is 32.1. The molecule has 0 N–H and O–H groups in total. The van der Waals surface area contributed by atoms with Crippen molar-refractivity contribution in [2.24, 2.45) is 4.99 Å². The topological polar surface area (TPSA) is 62.1 Å². The van der Waals surface area contributed by atoms with Crippen LogP contribution in [0.3, 0.4) is 0 Å². The lowest BCUT2D eigenvalue weighted by Gasteiger charge is -2.12. The van der Waals surface area contributed by atoms with E-state index in [1.165, 1.54) is 28.7 Å². The normalized spacial score (nSPS) is 15.1. The fourth-order valence-electron chi connectivity index (χ4n) is 2.43. The summed E-state index contributed by atoms with van der Waals surface area (Å²) in [6, 6.07) is 4.25. The van der Waals surface area contributed by atoms with Crippen LogP contribution in [0, 0.1) is 13.8 Å². The minimum atomic E-state index is -0.430. The number of amides is 1. The number of methoxy groups -OCH3 is 1. The molecule has 2 heterocycles. The fraction of sp³-hybridized carbons (Fsp3) is 0.412. The van der Waals surface area contributed by atoms with E-state index in [9.17, 15) is 4.79 Å². The van der Waals surface area contributed by atoms with Crippen LogP contribution in [0.15, 0.2) is 29.1 Å². The van der Waals surface area contributed by atoms with E-state index in [1.807, 2.05) is 4.57 Å². The number of ether oxygens (including phenoxy) is 3. The highest BCUT2D eigenvalue weighted by Crippen LogP contribution is 2.22. The van der Waals surface area contributed by atoms with Crippen LogP contribution in [0.1, 0.15) is 11.1 Å². The van der Waals surface area contributed by atoms with Gasteiger partial charge in [0.2, 0.25) is 5.76 Å². The van der Waals surface area contributed by atoms with E-state index in [0.717, 1.165) is 10.2 Å². The highest BCUT2D eigenvalue weighted by molar-refractivity contribution is 7.16. The van der Waals surface area contributed by atoms with E-state index >= 15 is 0 Å². The third-order valence-electron chi connectivity index (χ3n) is 3.87. The minimum Gasteiger partial charge on any atom is -0.494 e. The van der Waals surface area contributed by atoms with Crippen LogP contribution in [-0.4, -0.2) is 37.4 Å². The second kappa shape index (κ2) is 7.19. The Hall–Kier alpha value is -2.12. The standard InChI is InChI=1S/C17H20N2O4S/c1-11-8-13-15(9-12(11)2)24-17(19(13)4-5-21-3)18-16(20)14-10-22-6-7-23-14/h8-10H,4-7H2,1-3H3. The Morgan fingerprint density at radius 1 is 1.33 bits per heavy atom. The van der Waals surface area contributed by atoms with Crippen LogP contribution in [-0.2, 0) is 25.5 Å². The molecule has 0 aliphatic carbocycles. The Kier molecular flexibility index (Phi) is 5.01. The summed E-state index contributed by atoms with van der Waals surface area (Å²) < 4.78 is 18.7. The number of hydrogen-bond acceptors (Lipinski definition) is 5. The molecule has 1 amide bonds. The van der Waals surface area contributed by atoms with Crippen molar-refractivity contribution in [2.45, 2.75) is 20.4 Å². The number of hydrogen-bond donors (Lipinski definition) is 0. The van der Waals surface area contributed by atoms with Crippen molar-refractivity contribution in [3.05, 3.63) is 40.1 Å². The second-order valence-corrected chi connectivity index (χ2v) is 6.56. The Bertz CT molecular complexity index is 863. The lowest BCUT2D eigenvalue weighted by atomic mass is 10.1. The van der Waals surface area contributed by atoms with Gasteiger partial charge in [-0.05, 0) is 37.1 Å². The number of carbonyl (C=O) groups is 1. The van der Waals surface area contributed by atoms with E-state index in [4.69, 9.17) is 14.2 Å². The maximum Gasteiger partial charge on any atom is 0.317 e. The van der Waals surface area contributed by atoms with E-state index in [2.05, 4.69) is 31.0 Å². The molecule has 24 heavy (non-hydrogen) atoms. The lowest BCUT2D eigenvalue weighted by molar-refractivity contribution is -0.119. The molecule has 6 nitrogen and oxygen atoms in total. The van der Waals surface area contributed by atoms with E-state index in [1.54, 1.807) is 7.11 Å². The van der Waals surface area contributed by atoms with Crippen LogP contribution in [0.25, 0.3) is 10.2 Å². The summed E-state index contributed by atoms with van der Waals surface area (Å²) in [6.07, 6.45) is 1.33. The van der Waals surface area contributed by atoms with Gasteiger partial charge in [0.15, 0.2) is 4.80 Å². The first-order chi connectivity index (χ1) is 11.6. The molecule has 128 valence electrons. The number of nitrogens with zero attached hydrogens (tertiary/aromatic N) is 2. The van der Waals surface area contributed by atoms with Crippen LogP contribution < -0.4 is 4.80 Å². The SMILES string of the molecule is COCCn1c(=NC(=O)C2=COCCO2)sc2cc(C)c(C)cc21. The molecule has 0 spiro atoms. The van der Waals surface area contributed by atoms with Crippen LogP contribution >= 0.6 is 11.3 Å². The Balaban J connectivity index is 2.09. The Labute approximate surface area is 144 Å². The summed E-state index contributed by atoms with van der Waals surface area (Å²) >= 11 is 1.49. The number of aryl methyl sites for hydroxylation is 2. The largest absolute Gasteiger partial charge is 0.494 e. The number of aromatic nitrogens is 1. The molecule has 0 fully saturated rings. The first-order valence-corrected chi connectivity index (χ1v) is 8.55. The van der Waals surface area contributed by atoms with Crippen LogP contribution in [0.4, 0.5) is 0 Å². The molecule has 2 aromatic rings. The minimum absolute atomic E-state index is 0.143. The molecule has 1 aromatic carbocycles. The zero-order valence-electron chi connectivity index (χ0n) is 14.0. The average molecular weight is 348 g/mol. The molecule has 0 bridgehead atoms. The predicted molar refractivity (Wildman–Crippen MR) is 91.7 cm³/mol. The van der Waals surface area contributed by atoms with Gasteiger partial charge in [-0.2, -0.15) is 4.99 Å². The summed E-state index contributed by atoms with van der Waals surface area (Å²) in [7, 11) is 1.66. The molecular weight excluding hydrogens is 328 g/mol. The van der Waals surface area contributed by atoms with Crippen molar-refractivity contribution in [1.29, 1.82) is 0 Å². The second-order valence-electron chi connectivity index (χ2n) is 5.55. The van der Waals surface area contributed by atoms with Gasteiger partial charge in [-0.3, -0.25) is 4.79 Å². The van der Waals surface area contributed by atoms with Crippen LogP contribution in [0.5, 0.6) is 0 Å². The first-order valence-electron chi connectivity index (χ1n) is 7.73. The van der Waals surface area contributed by atoms with Crippen LogP contribution in [0.2, 0.25) is 0 Å². The van der Waals surface area contributed by atoms with Crippen molar-refractivity contribution in [3.8, 4) is 0 Å². The van der Waals surface area contributed by atoms with Gasteiger partial charge in [-0.15, -0.1) is 0 Å². The molecule has 0 radical (unpaired) electrons. The van der Waals surface area contributed by atoms with Gasteiger partial charge in [-0.25, -0.2) is 0 Å². The fourth-order valence-corrected chi connectivity index (χ4v) is 3.56. The molecule has 1 aliphatic heterocycles. The molecule has 0 atom stereocenters. The third kappa shape index (κ3) is 3.37. The third-order valence-corrected chi connectivity index (χ3v) is 4.92. The monoisotopic (exact) mass is 348 g/mol. The summed E-state index contributed by atoms with van der Waals surface area (Å²) in [5.74, 6) is -0.287. The van der Waals surface area contributed by atoms with Gasteiger partial charge in [0.1, 0.15) is 19.5 Å². The van der Waals surface area contributed by atoms with Crippen molar-refractivity contribution in [3.63, 3.8) is 0 Å². The Morgan fingerprint density at radius 2 is 2.12 bits per heavy atom. The smallest absolute Gasteiger partial charge is 0.317 e. The van der Waals surface area contributed by atoms with Crippen molar-refractivity contribution in [1.82, 2.24) is 4.57 Å². The number of rotatable bonds is 4. The molecule has 7 heteroatoms. The van der Waals surface area contributed by atoms with Gasteiger partial charge in [-0.1, -0.05) is 11.3 Å². The van der Waals surface area contributed by atoms with Gasteiger partial charge < -0.3 is 18.8 Å². The van der Waals surface area contributed by atoms with Crippen molar-refractivity contribution in [2.75, 3.05) is 26.9 Å². The number of benzene rings is 1. The van der Waals surface area contributed by atoms with Gasteiger partial charge in [0, 0.05) is 13.7 Å². The molecule has 0 unspecified atom stereocenters. The molecule has 0 saturated carbocycles. The Morgan fingerprint density at radius 3 is 2.83 bits per heavy atom. The first kappa shape index (κ1) is 16.7. The lowest BCUT2D eigenvalue weighted by Crippen LogP contribution is -2.21. The molecule has 1 aromatic heterocycles. The van der Waals surface area contributed by atoms with E-state index in [-0.39, 0.29) is 5.76 Å². The highest BCUT2D eigenvalue weighted by Gasteiger charge is 2.16. The zero-order chi connectivity index (χ0) is 17.1. The molecule has 3 rings (SSSR count). The quantitative estimate of drug-likeness (QED) is 0.850. The zero-order valence-corrected chi connectivity index (χ0v) is 14.8. The van der Waals surface area contributed by atoms with Gasteiger partial charge in [0.05, 0.1) is 16.8 Å².